The average molecular weight is 223 g/mol. The van der Waals surface area contributed by atoms with Crippen molar-refractivity contribution < 1.29 is 9.53 Å². The Bertz CT molecular complexity index is 282. The van der Waals surface area contributed by atoms with Crippen LogP contribution < -0.4 is 0 Å². The predicted octanol–water partition coefficient (Wildman–Crippen LogP) is 1.80. The third-order valence-electron chi connectivity index (χ3n) is 2.82. The van der Waals surface area contributed by atoms with Gasteiger partial charge < -0.3 is 14.4 Å². The Hall–Kier alpha value is -0.930. The molecular formula is C13H21NO2. The summed E-state index contributed by atoms with van der Waals surface area (Å²) in [6.45, 7) is 5.11. The highest BCUT2D eigenvalue weighted by atomic mass is 16.5. The lowest BCUT2D eigenvalue weighted by Gasteiger charge is -2.26. The van der Waals surface area contributed by atoms with Gasteiger partial charge >= 0.3 is 0 Å². The van der Waals surface area contributed by atoms with Crippen molar-refractivity contribution in [1.29, 1.82) is 0 Å². The van der Waals surface area contributed by atoms with E-state index in [0.29, 0.717) is 6.61 Å². The van der Waals surface area contributed by atoms with Gasteiger partial charge in [-0.3, -0.25) is 0 Å². The van der Waals surface area contributed by atoms with Gasteiger partial charge in [-0.05, 0) is 25.5 Å². The Morgan fingerprint density at radius 1 is 1.44 bits per heavy atom. The van der Waals surface area contributed by atoms with Crippen LogP contribution in [0.1, 0.15) is 19.8 Å². The van der Waals surface area contributed by atoms with Gasteiger partial charge in [0, 0.05) is 13.1 Å². The first-order valence-corrected chi connectivity index (χ1v) is 5.85. The van der Waals surface area contributed by atoms with E-state index >= 15 is 0 Å². The van der Waals surface area contributed by atoms with E-state index < -0.39 is 0 Å². The fraction of sp³-hybridized carbons (Fsp3) is 0.615. The molecule has 1 rings (SSSR count). The van der Waals surface area contributed by atoms with E-state index in [1.54, 1.807) is 0 Å². The van der Waals surface area contributed by atoms with Crippen molar-refractivity contribution in [2.24, 2.45) is 0 Å². The largest absolute Gasteiger partial charge is 0.370 e. The van der Waals surface area contributed by atoms with E-state index in [9.17, 15) is 4.79 Å². The fourth-order valence-electron chi connectivity index (χ4n) is 1.91. The minimum Gasteiger partial charge on any atom is -0.370 e. The third-order valence-corrected chi connectivity index (χ3v) is 2.82. The van der Waals surface area contributed by atoms with Gasteiger partial charge in [0.15, 0.2) is 0 Å². The Kier molecular flexibility index (Phi) is 6.04. The maximum absolute atomic E-state index is 10.0. The Morgan fingerprint density at radius 2 is 2.25 bits per heavy atom. The number of hydrogen-bond acceptors (Lipinski definition) is 3. The molecule has 90 valence electrons. The zero-order valence-corrected chi connectivity index (χ0v) is 10.2. The molecule has 3 heteroatoms. The summed E-state index contributed by atoms with van der Waals surface area (Å²) in [5, 5.41) is 0. The number of ether oxygens (including phenoxy) is 1. The van der Waals surface area contributed by atoms with Crippen LogP contribution in [0, 0.1) is 0 Å². The molecule has 0 saturated carbocycles. The molecule has 0 aromatic carbocycles. The van der Waals surface area contributed by atoms with E-state index in [4.69, 9.17) is 4.74 Å². The molecule has 1 aliphatic heterocycles. The molecule has 0 aliphatic carbocycles. The number of hydrogen-bond donors (Lipinski definition) is 0. The molecule has 16 heavy (non-hydrogen) atoms. The molecule has 1 heterocycles. The number of nitrogens with zero attached hydrogens (tertiary/aromatic N) is 1. The van der Waals surface area contributed by atoms with Crippen LogP contribution in [0.5, 0.6) is 0 Å². The minimum atomic E-state index is 0.187. The van der Waals surface area contributed by atoms with E-state index in [1.807, 2.05) is 6.08 Å². The van der Waals surface area contributed by atoms with Crippen molar-refractivity contribution in [3.05, 3.63) is 23.3 Å². The fourth-order valence-corrected chi connectivity index (χ4v) is 1.91. The molecule has 0 N–H and O–H groups in total. The van der Waals surface area contributed by atoms with Gasteiger partial charge in [-0.25, -0.2) is 0 Å². The second kappa shape index (κ2) is 7.36. The number of carbonyl (C=O) groups is 1. The number of aldehydes is 1. The van der Waals surface area contributed by atoms with Gasteiger partial charge in [-0.2, -0.15) is 0 Å². The van der Waals surface area contributed by atoms with E-state index in [1.165, 1.54) is 11.1 Å². The summed E-state index contributed by atoms with van der Waals surface area (Å²) in [4.78, 5) is 12.4. The first-order valence-electron chi connectivity index (χ1n) is 5.85. The van der Waals surface area contributed by atoms with Crippen LogP contribution in [0.2, 0.25) is 0 Å². The summed E-state index contributed by atoms with van der Waals surface area (Å²) in [5.74, 6) is 0. The highest BCUT2D eigenvalue weighted by Gasteiger charge is 2.12. The van der Waals surface area contributed by atoms with E-state index in [0.717, 1.165) is 32.2 Å². The molecular weight excluding hydrogens is 202 g/mol. The Labute approximate surface area is 97.8 Å². The molecule has 0 bridgehead atoms. The van der Waals surface area contributed by atoms with Crippen LogP contribution in [0.4, 0.5) is 0 Å². The second-order valence-corrected chi connectivity index (χ2v) is 4.08. The summed E-state index contributed by atoms with van der Waals surface area (Å²) in [7, 11) is 2.16. The number of rotatable bonds is 6. The lowest BCUT2D eigenvalue weighted by molar-refractivity contribution is -0.111. The van der Waals surface area contributed by atoms with Gasteiger partial charge in [0.05, 0.1) is 6.61 Å². The monoisotopic (exact) mass is 223 g/mol. The minimum absolute atomic E-state index is 0.187. The highest BCUT2D eigenvalue weighted by molar-refractivity contribution is 5.50. The predicted molar refractivity (Wildman–Crippen MR) is 65.5 cm³/mol. The SMILES string of the molecule is CCC1=C(/C=C\COCC=O)CCN(C)C1. The van der Waals surface area contributed by atoms with Crippen LogP contribution in [0.25, 0.3) is 0 Å². The molecule has 1 aliphatic rings. The van der Waals surface area contributed by atoms with Gasteiger partial charge in [0.2, 0.25) is 0 Å². The Balaban J connectivity index is 2.46. The van der Waals surface area contributed by atoms with E-state index in [-0.39, 0.29) is 6.61 Å². The first-order chi connectivity index (χ1) is 7.77. The molecule has 0 radical (unpaired) electrons. The number of allylic oxidation sites excluding steroid dienone is 1. The molecule has 0 unspecified atom stereocenters. The second-order valence-electron chi connectivity index (χ2n) is 4.08. The number of carbonyl (C=O) groups excluding carboxylic acids is 1. The average Bonchev–Trinajstić information content (AvgIpc) is 2.30. The number of likely N-dealkylation sites (N-methyl/N-ethyl adjacent to an activating group) is 1. The van der Waals surface area contributed by atoms with Crippen molar-refractivity contribution in [3.8, 4) is 0 Å². The van der Waals surface area contributed by atoms with Crippen molar-refractivity contribution in [2.45, 2.75) is 19.8 Å². The molecule has 0 atom stereocenters. The van der Waals surface area contributed by atoms with Crippen molar-refractivity contribution in [3.63, 3.8) is 0 Å². The topological polar surface area (TPSA) is 29.5 Å². The maximum Gasteiger partial charge on any atom is 0.145 e. The van der Waals surface area contributed by atoms with Crippen molar-refractivity contribution >= 4 is 6.29 Å². The maximum atomic E-state index is 10.0. The van der Waals surface area contributed by atoms with Gasteiger partial charge in [0.1, 0.15) is 12.9 Å². The molecule has 0 fully saturated rings. The highest BCUT2D eigenvalue weighted by Crippen LogP contribution is 2.20. The normalized spacial score (nSPS) is 18.4. The van der Waals surface area contributed by atoms with Crippen LogP contribution in [-0.2, 0) is 9.53 Å². The van der Waals surface area contributed by atoms with Crippen LogP contribution in [0.3, 0.4) is 0 Å². The molecule has 0 spiro atoms. The summed E-state index contributed by atoms with van der Waals surface area (Å²) in [5.41, 5.74) is 2.95. The lowest BCUT2D eigenvalue weighted by Crippen LogP contribution is -2.27. The van der Waals surface area contributed by atoms with Gasteiger partial charge in [-0.15, -0.1) is 0 Å². The third kappa shape index (κ3) is 4.29. The summed E-state index contributed by atoms with van der Waals surface area (Å²) >= 11 is 0. The zero-order chi connectivity index (χ0) is 11.8. The standard InChI is InChI=1S/C13H21NO2/c1-3-12-11-14(2)7-6-13(12)5-4-9-16-10-8-15/h4-5,8H,3,6-7,9-11H2,1-2H3/b5-4-. The van der Waals surface area contributed by atoms with Crippen molar-refractivity contribution in [2.75, 3.05) is 33.4 Å². The van der Waals surface area contributed by atoms with Gasteiger partial charge in [0.25, 0.3) is 0 Å². The molecule has 3 nitrogen and oxygen atoms in total. The summed E-state index contributed by atoms with van der Waals surface area (Å²) in [6, 6.07) is 0. The molecule has 0 aromatic heterocycles. The summed E-state index contributed by atoms with van der Waals surface area (Å²) < 4.78 is 5.08. The van der Waals surface area contributed by atoms with Gasteiger partial charge in [-0.1, -0.05) is 24.6 Å². The smallest absolute Gasteiger partial charge is 0.145 e. The molecule has 0 amide bonds. The van der Waals surface area contributed by atoms with Crippen molar-refractivity contribution in [1.82, 2.24) is 4.90 Å². The summed E-state index contributed by atoms with van der Waals surface area (Å²) in [6.07, 6.45) is 7.15. The van der Waals surface area contributed by atoms with Crippen LogP contribution >= 0.6 is 0 Å². The first kappa shape index (κ1) is 13.1. The molecule has 0 aromatic rings. The zero-order valence-electron chi connectivity index (χ0n) is 10.2. The lowest BCUT2D eigenvalue weighted by atomic mass is 9.98. The van der Waals surface area contributed by atoms with E-state index in [2.05, 4.69) is 24.9 Å². The quantitative estimate of drug-likeness (QED) is 0.508. The van der Waals surface area contributed by atoms with Crippen LogP contribution in [0.15, 0.2) is 23.3 Å². The molecule has 0 saturated heterocycles. The van der Waals surface area contributed by atoms with Crippen LogP contribution in [-0.4, -0.2) is 44.5 Å². The Morgan fingerprint density at radius 3 is 2.94 bits per heavy atom.